The van der Waals surface area contributed by atoms with Crippen LogP contribution in [0.3, 0.4) is 0 Å². The first-order chi connectivity index (χ1) is 17.2. The standard InChI is InChI=1S/C25H34F3N5O4/c1-23(2)15-12-33(21(36)18(24(3)7-5-8-24)32-22(37)25(26,27)28)17(16(15)23)20(35)31-14(11-29)10-13-6-4-9-30-19(13)34/h13-18H,4-10,12H2,1-3H3,(H,30,34)(H,31,35)(H,32,37). The minimum Gasteiger partial charge on any atom is -0.356 e. The average Bonchev–Trinajstić information content (AvgIpc) is 3.14. The maximum Gasteiger partial charge on any atom is 0.471 e. The fourth-order valence-electron chi connectivity index (χ4n) is 6.50. The van der Waals surface area contributed by atoms with Gasteiger partial charge in [0.1, 0.15) is 18.1 Å². The Labute approximate surface area is 213 Å². The third kappa shape index (κ3) is 5.01. The number of hydrogen-bond acceptors (Lipinski definition) is 5. The van der Waals surface area contributed by atoms with Crippen molar-refractivity contribution in [2.45, 2.75) is 83.6 Å². The lowest BCUT2D eigenvalue weighted by molar-refractivity contribution is -0.177. The molecule has 4 rings (SSSR count). The highest BCUT2D eigenvalue weighted by atomic mass is 19.4. The Kier molecular flexibility index (Phi) is 6.97. The summed E-state index contributed by atoms with van der Waals surface area (Å²) < 4.78 is 39.2. The van der Waals surface area contributed by atoms with Crippen molar-refractivity contribution < 1.29 is 32.3 Å². The van der Waals surface area contributed by atoms with Crippen molar-refractivity contribution in [1.82, 2.24) is 20.9 Å². The Morgan fingerprint density at radius 1 is 1.19 bits per heavy atom. The monoisotopic (exact) mass is 525 g/mol. The van der Waals surface area contributed by atoms with Gasteiger partial charge in [0.05, 0.1) is 6.07 Å². The van der Waals surface area contributed by atoms with Crippen molar-refractivity contribution in [1.29, 1.82) is 5.26 Å². The van der Waals surface area contributed by atoms with E-state index in [1.54, 1.807) is 6.92 Å². The van der Waals surface area contributed by atoms with Crippen LogP contribution in [0.5, 0.6) is 0 Å². The Balaban J connectivity index is 1.53. The lowest BCUT2D eigenvalue weighted by Crippen LogP contribution is -2.63. The summed E-state index contributed by atoms with van der Waals surface area (Å²) in [6.45, 7) is 6.36. The van der Waals surface area contributed by atoms with Gasteiger partial charge in [0.25, 0.3) is 0 Å². The number of amides is 4. The Morgan fingerprint density at radius 2 is 1.86 bits per heavy atom. The van der Waals surface area contributed by atoms with E-state index in [9.17, 15) is 37.6 Å². The lowest BCUT2D eigenvalue weighted by atomic mass is 9.65. The number of halogens is 3. The highest BCUT2D eigenvalue weighted by molar-refractivity contribution is 5.95. The summed E-state index contributed by atoms with van der Waals surface area (Å²) >= 11 is 0. The molecule has 3 N–H and O–H groups in total. The van der Waals surface area contributed by atoms with Crippen LogP contribution < -0.4 is 16.0 Å². The number of carbonyl (C=O) groups is 4. The fourth-order valence-corrected chi connectivity index (χ4v) is 6.50. The smallest absolute Gasteiger partial charge is 0.356 e. The van der Waals surface area contributed by atoms with Gasteiger partial charge in [-0.1, -0.05) is 27.2 Å². The summed E-state index contributed by atoms with van der Waals surface area (Å²) in [5, 5.41) is 17.0. The molecule has 0 aromatic carbocycles. The molecular weight excluding hydrogens is 491 g/mol. The van der Waals surface area contributed by atoms with E-state index < -0.39 is 53.4 Å². The first kappa shape index (κ1) is 27.2. The SMILES string of the molecule is CC1(C(NC(=O)C(F)(F)F)C(=O)N2CC3C(C2C(=O)NC(C#N)CC2CCCNC2=O)C3(C)C)CCC1. The summed E-state index contributed by atoms with van der Waals surface area (Å²) in [5.41, 5.74) is -1.10. The van der Waals surface area contributed by atoms with Crippen LogP contribution >= 0.6 is 0 Å². The van der Waals surface area contributed by atoms with Gasteiger partial charge in [0, 0.05) is 19.0 Å². The van der Waals surface area contributed by atoms with E-state index in [-0.39, 0.29) is 36.1 Å². The molecule has 4 aliphatic rings. The molecule has 2 aliphatic carbocycles. The van der Waals surface area contributed by atoms with E-state index in [2.05, 4.69) is 10.6 Å². The van der Waals surface area contributed by atoms with Crippen molar-refractivity contribution >= 4 is 23.6 Å². The topological polar surface area (TPSA) is 131 Å². The zero-order valence-corrected chi connectivity index (χ0v) is 21.3. The molecule has 2 saturated carbocycles. The van der Waals surface area contributed by atoms with Gasteiger partial charge in [0.2, 0.25) is 17.7 Å². The predicted molar refractivity (Wildman–Crippen MR) is 124 cm³/mol. The normalized spacial score (nSPS) is 31.1. The van der Waals surface area contributed by atoms with Gasteiger partial charge in [-0.15, -0.1) is 0 Å². The summed E-state index contributed by atoms with van der Waals surface area (Å²) in [6.07, 6.45) is -1.96. The zero-order valence-electron chi connectivity index (χ0n) is 21.3. The molecule has 204 valence electrons. The molecule has 0 aromatic heterocycles. The summed E-state index contributed by atoms with van der Waals surface area (Å²) in [6, 6.07) is -1.31. The van der Waals surface area contributed by atoms with Crippen LogP contribution in [0.1, 0.15) is 59.3 Å². The fraction of sp³-hybridized carbons (Fsp3) is 0.800. The highest BCUT2D eigenvalue weighted by Crippen LogP contribution is 2.65. The third-order valence-corrected chi connectivity index (χ3v) is 9.12. The van der Waals surface area contributed by atoms with E-state index in [1.165, 1.54) is 4.90 Å². The van der Waals surface area contributed by atoms with E-state index in [0.717, 1.165) is 12.8 Å². The molecular formula is C25H34F3N5O4. The Bertz CT molecular complexity index is 1020. The molecule has 0 aromatic rings. The second-order valence-corrected chi connectivity index (χ2v) is 11.9. The van der Waals surface area contributed by atoms with Crippen molar-refractivity contribution in [3.63, 3.8) is 0 Å². The minimum absolute atomic E-state index is 0.0231. The van der Waals surface area contributed by atoms with Gasteiger partial charge >= 0.3 is 12.1 Å². The summed E-state index contributed by atoms with van der Waals surface area (Å²) in [4.78, 5) is 52.4. The van der Waals surface area contributed by atoms with Gasteiger partial charge in [-0.05, 0) is 54.8 Å². The molecule has 2 heterocycles. The van der Waals surface area contributed by atoms with E-state index >= 15 is 0 Å². The van der Waals surface area contributed by atoms with E-state index in [0.29, 0.717) is 25.8 Å². The molecule has 4 amide bonds. The number of hydrogen-bond donors (Lipinski definition) is 3. The van der Waals surface area contributed by atoms with E-state index in [4.69, 9.17) is 0 Å². The van der Waals surface area contributed by atoms with Crippen LogP contribution in [0.25, 0.3) is 0 Å². The third-order valence-electron chi connectivity index (χ3n) is 9.12. The Hall–Kier alpha value is -2.84. The second kappa shape index (κ2) is 9.48. The highest BCUT2D eigenvalue weighted by Gasteiger charge is 2.70. The number of nitrogens with one attached hydrogen (secondary N) is 3. The van der Waals surface area contributed by atoms with Crippen LogP contribution in [-0.4, -0.2) is 65.9 Å². The number of likely N-dealkylation sites (tertiary alicyclic amines) is 1. The summed E-state index contributed by atoms with van der Waals surface area (Å²) in [7, 11) is 0. The number of rotatable bonds is 7. The number of nitriles is 1. The Morgan fingerprint density at radius 3 is 2.41 bits per heavy atom. The molecule has 9 nitrogen and oxygen atoms in total. The van der Waals surface area contributed by atoms with Gasteiger partial charge < -0.3 is 20.9 Å². The van der Waals surface area contributed by atoms with Crippen LogP contribution in [0.4, 0.5) is 13.2 Å². The van der Waals surface area contributed by atoms with Gasteiger partial charge in [-0.25, -0.2) is 0 Å². The van der Waals surface area contributed by atoms with Gasteiger partial charge in [-0.2, -0.15) is 18.4 Å². The van der Waals surface area contributed by atoms with Gasteiger partial charge in [-0.3, -0.25) is 19.2 Å². The quantitative estimate of drug-likeness (QED) is 0.465. The van der Waals surface area contributed by atoms with Crippen molar-refractivity contribution in [3.8, 4) is 6.07 Å². The number of nitrogens with zero attached hydrogens (tertiary/aromatic N) is 2. The first-order valence-corrected chi connectivity index (χ1v) is 12.9. The molecule has 37 heavy (non-hydrogen) atoms. The number of piperidine rings is 2. The predicted octanol–water partition coefficient (Wildman–Crippen LogP) is 1.63. The molecule has 0 spiro atoms. The number of carbonyl (C=O) groups excluding carboxylic acids is 4. The molecule has 0 radical (unpaired) electrons. The molecule has 2 aliphatic heterocycles. The van der Waals surface area contributed by atoms with Crippen molar-refractivity contribution in [2.24, 2.45) is 28.6 Å². The zero-order chi connectivity index (χ0) is 27.3. The summed E-state index contributed by atoms with van der Waals surface area (Å²) in [5.74, 6) is -4.27. The molecule has 2 saturated heterocycles. The molecule has 0 bridgehead atoms. The van der Waals surface area contributed by atoms with Crippen molar-refractivity contribution in [3.05, 3.63) is 0 Å². The maximum absolute atomic E-state index is 13.7. The largest absolute Gasteiger partial charge is 0.471 e. The molecule has 4 fully saturated rings. The van der Waals surface area contributed by atoms with Crippen molar-refractivity contribution in [2.75, 3.05) is 13.1 Å². The van der Waals surface area contributed by atoms with Gasteiger partial charge in [0.15, 0.2) is 0 Å². The first-order valence-electron chi connectivity index (χ1n) is 12.9. The average molecular weight is 526 g/mol. The minimum atomic E-state index is -5.14. The van der Waals surface area contributed by atoms with E-state index in [1.807, 2.05) is 25.2 Å². The molecule has 6 atom stereocenters. The number of alkyl halides is 3. The molecule has 6 unspecified atom stereocenters. The van der Waals surface area contributed by atoms with Crippen LogP contribution in [0, 0.1) is 39.9 Å². The molecule has 12 heteroatoms. The van der Waals surface area contributed by atoms with Crippen LogP contribution in [-0.2, 0) is 19.2 Å². The maximum atomic E-state index is 13.7. The number of fused-ring (bicyclic) bond motifs is 1. The second-order valence-electron chi connectivity index (χ2n) is 11.9. The van der Waals surface area contributed by atoms with Crippen LogP contribution in [0.2, 0.25) is 0 Å². The lowest BCUT2D eigenvalue weighted by Gasteiger charge is -2.46. The van der Waals surface area contributed by atoms with Crippen LogP contribution in [0.15, 0.2) is 0 Å².